The van der Waals surface area contributed by atoms with Crippen LogP contribution in [-0.2, 0) is 4.79 Å². The summed E-state index contributed by atoms with van der Waals surface area (Å²) in [6, 6.07) is 0. The fourth-order valence-corrected chi connectivity index (χ4v) is 3.86. The van der Waals surface area contributed by atoms with Gasteiger partial charge in [0.1, 0.15) is 5.78 Å². The normalized spacial score (nSPS) is 53.6. The van der Waals surface area contributed by atoms with E-state index in [0.29, 0.717) is 17.1 Å². The molecule has 0 aliphatic heterocycles. The maximum atomic E-state index is 11.5. The van der Waals surface area contributed by atoms with E-state index in [0.717, 1.165) is 12.3 Å². The van der Waals surface area contributed by atoms with Crippen molar-refractivity contribution in [3.05, 3.63) is 0 Å². The summed E-state index contributed by atoms with van der Waals surface area (Å²) in [6.45, 7) is 0. The molecule has 0 aromatic heterocycles. The molecule has 0 heterocycles. The zero-order chi connectivity index (χ0) is 7.47. The molecule has 4 fully saturated rings. The average Bonchev–Trinajstić information content (AvgIpc) is 2.43. The molecule has 0 amide bonds. The van der Waals surface area contributed by atoms with Gasteiger partial charge in [0.05, 0.1) is 0 Å². The van der Waals surface area contributed by atoms with Crippen LogP contribution in [0.25, 0.3) is 0 Å². The van der Waals surface area contributed by atoms with Crippen molar-refractivity contribution >= 4 is 5.78 Å². The molecular formula is C10H14O. The van der Waals surface area contributed by atoms with Gasteiger partial charge in [0.2, 0.25) is 0 Å². The summed E-state index contributed by atoms with van der Waals surface area (Å²) in [5.74, 6) is 1.96. The smallest absolute Gasteiger partial charge is 0.136 e. The van der Waals surface area contributed by atoms with Gasteiger partial charge in [-0.25, -0.2) is 0 Å². The van der Waals surface area contributed by atoms with Crippen LogP contribution in [0.15, 0.2) is 0 Å². The molecule has 4 aliphatic carbocycles. The van der Waals surface area contributed by atoms with Gasteiger partial charge in [-0.3, -0.25) is 4.79 Å². The Morgan fingerprint density at radius 3 is 3.00 bits per heavy atom. The lowest BCUT2D eigenvalue weighted by atomic mass is 9.54. The third-order valence-electron chi connectivity index (χ3n) is 4.26. The molecule has 3 atom stereocenters. The highest BCUT2D eigenvalue weighted by Crippen LogP contribution is 2.67. The number of rotatable bonds is 0. The average molecular weight is 150 g/mol. The number of ketones is 1. The van der Waals surface area contributed by atoms with Crippen LogP contribution in [0, 0.1) is 17.3 Å². The molecule has 0 N–H and O–H groups in total. The molecule has 0 saturated heterocycles. The number of Topliss-reactive ketones (excluding diaryl/α,β-unsaturated/α-hetero) is 1. The molecule has 0 aromatic carbocycles. The highest BCUT2D eigenvalue weighted by molar-refractivity contribution is 5.84. The van der Waals surface area contributed by atoms with Gasteiger partial charge in [-0.05, 0) is 43.4 Å². The van der Waals surface area contributed by atoms with E-state index in [9.17, 15) is 4.79 Å². The van der Waals surface area contributed by atoms with Crippen molar-refractivity contribution in [2.45, 2.75) is 38.5 Å². The van der Waals surface area contributed by atoms with Gasteiger partial charge in [0.25, 0.3) is 0 Å². The standard InChI is InChI=1S/C10H14O/c11-8-2-1-4-10-5-3-7(6-10)9(8)10/h7,9H,1-6H2. The third-order valence-corrected chi connectivity index (χ3v) is 4.26. The lowest BCUT2D eigenvalue weighted by Gasteiger charge is -2.49. The van der Waals surface area contributed by atoms with Crippen molar-refractivity contribution in [2.24, 2.45) is 17.3 Å². The Morgan fingerprint density at radius 1 is 1.36 bits per heavy atom. The summed E-state index contributed by atoms with van der Waals surface area (Å²) >= 11 is 0. The number of carbonyl (C=O) groups is 1. The first kappa shape index (κ1) is 6.22. The van der Waals surface area contributed by atoms with Crippen LogP contribution in [0.5, 0.6) is 0 Å². The molecule has 0 aromatic rings. The van der Waals surface area contributed by atoms with E-state index in [2.05, 4.69) is 0 Å². The van der Waals surface area contributed by atoms with Gasteiger partial charge in [-0.1, -0.05) is 0 Å². The molecule has 11 heavy (non-hydrogen) atoms. The van der Waals surface area contributed by atoms with Crippen molar-refractivity contribution < 1.29 is 4.79 Å². The van der Waals surface area contributed by atoms with E-state index in [1.165, 1.54) is 32.1 Å². The zero-order valence-electron chi connectivity index (χ0n) is 6.81. The molecule has 4 aliphatic rings. The lowest BCUT2D eigenvalue weighted by Crippen LogP contribution is -2.47. The molecule has 60 valence electrons. The van der Waals surface area contributed by atoms with Gasteiger partial charge >= 0.3 is 0 Å². The Hall–Kier alpha value is -0.330. The van der Waals surface area contributed by atoms with Gasteiger partial charge in [0.15, 0.2) is 0 Å². The minimum atomic E-state index is 0.538. The second kappa shape index (κ2) is 1.70. The summed E-state index contributed by atoms with van der Waals surface area (Å²) in [7, 11) is 0. The Morgan fingerprint density at radius 2 is 2.27 bits per heavy atom. The van der Waals surface area contributed by atoms with E-state index in [-0.39, 0.29) is 0 Å². The highest BCUT2D eigenvalue weighted by Gasteiger charge is 2.62. The maximum Gasteiger partial charge on any atom is 0.136 e. The van der Waals surface area contributed by atoms with Crippen LogP contribution in [-0.4, -0.2) is 5.78 Å². The van der Waals surface area contributed by atoms with Crippen LogP contribution in [0.1, 0.15) is 38.5 Å². The summed E-state index contributed by atoms with van der Waals surface area (Å²) in [5, 5.41) is 0. The van der Waals surface area contributed by atoms with Crippen LogP contribution < -0.4 is 0 Å². The summed E-state index contributed by atoms with van der Waals surface area (Å²) in [4.78, 5) is 11.5. The molecule has 2 bridgehead atoms. The fourth-order valence-electron chi connectivity index (χ4n) is 3.86. The fraction of sp³-hybridized carbons (Fsp3) is 0.900. The van der Waals surface area contributed by atoms with E-state index >= 15 is 0 Å². The topological polar surface area (TPSA) is 17.1 Å². The largest absolute Gasteiger partial charge is 0.299 e. The van der Waals surface area contributed by atoms with Crippen molar-refractivity contribution in [1.29, 1.82) is 0 Å². The number of hydrogen-bond donors (Lipinski definition) is 0. The number of fused-ring (bicyclic) bond motifs is 1. The SMILES string of the molecule is O=C1CCCC23CCC(C2)C13. The third kappa shape index (κ3) is 0.567. The number of carbonyl (C=O) groups excluding carboxylic acids is 1. The Kier molecular flexibility index (Phi) is 0.961. The number of hydrogen-bond acceptors (Lipinski definition) is 1. The first-order valence-electron chi connectivity index (χ1n) is 4.85. The molecule has 4 saturated carbocycles. The summed E-state index contributed by atoms with van der Waals surface area (Å²) in [5.41, 5.74) is 0.556. The van der Waals surface area contributed by atoms with Gasteiger partial charge in [-0.2, -0.15) is 0 Å². The molecule has 0 radical (unpaired) electrons. The second-order valence-electron chi connectivity index (χ2n) is 4.66. The van der Waals surface area contributed by atoms with E-state index in [1.807, 2.05) is 0 Å². The Labute approximate surface area is 67.2 Å². The maximum absolute atomic E-state index is 11.5. The first-order valence-corrected chi connectivity index (χ1v) is 4.85. The van der Waals surface area contributed by atoms with Gasteiger partial charge in [0, 0.05) is 12.3 Å². The Bertz CT molecular complexity index is 217. The van der Waals surface area contributed by atoms with Crippen LogP contribution in [0.3, 0.4) is 0 Å². The molecule has 3 unspecified atom stereocenters. The highest BCUT2D eigenvalue weighted by atomic mass is 16.1. The van der Waals surface area contributed by atoms with Crippen molar-refractivity contribution in [3.63, 3.8) is 0 Å². The monoisotopic (exact) mass is 150 g/mol. The van der Waals surface area contributed by atoms with Crippen LogP contribution in [0.2, 0.25) is 0 Å². The van der Waals surface area contributed by atoms with E-state index in [4.69, 9.17) is 0 Å². The van der Waals surface area contributed by atoms with Gasteiger partial charge < -0.3 is 0 Å². The van der Waals surface area contributed by atoms with Gasteiger partial charge in [-0.15, -0.1) is 0 Å². The van der Waals surface area contributed by atoms with Crippen LogP contribution in [0.4, 0.5) is 0 Å². The van der Waals surface area contributed by atoms with Crippen molar-refractivity contribution in [3.8, 4) is 0 Å². The van der Waals surface area contributed by atoms with Crippen molar-refractivity contribution in [2.75, 3.05) is 0 Å². The quantitative estimate of drug-likeness (QED) is 0.517. The second-order valence-corrected chi connectivity index (χ2v) is 4.66. The van der Waals surface area contributed by atoms with E-state index in [1.54, 1.807) is 0 Å². The van der Waals surface area contributed by atoms with Crippen LogP contribution >= 0.6 is 0 Å². The molecular weight excluding hydrogens is 136 g/mol. The molecule has 4 rings (SSSR count). The molecule has 1 nitrogen and oxygen atoms in total. The summed E-state index contributed by atoms with van der Waals surface area (Å²) < 4.78 is 0. The minimum Gasteiger partial charge on any atom is -0.299 e. The van der Waals surface area contributed by atoms with E-state index < -0.39 is 0 Å². The summed E-state index contributed by atoms with van der Waals surface area (Å²) in [6.07, 6.45) is 7.55. The first-order chi connectivity index (χ1) is 5.32. The lowest BCUT2D eigenvalue weighted by molar-refractivity contribution is -0.140. The predicted molar refractivity (Wildman–Crippen MR) is 42.1 cm³/mol. The zero-order valence-corrected chi connectivity index (χ0v) is 6.81. The minimum absolute atomic E-state index is 0.538. The predicted octanol–water partition coefficient (Wildman–Crippen LogP) is 2.16. The van der Waals surface area contributed by atoms with Crippen molar-refractivity contribution in [1.82, 2.24) is 0 Å². The Balaban J connectivity index is 1.97. The molecule has 1 heteroatoms. The molecule has 1 spiro atoms.